The number of likely N-dealkylation sites (tertiary alicyclic amines) is 1. The quantitative estimate of drug-likeness (QED) is 0.786. The van der Waals surface area contributed by atoms with Gasteiger partial charge in [-0.05, 0) is 75.6 Å². The molecule has 2 aromatic rings. The summed E-state index contributed by atoms with van der Waals surface area (Å²) in [7, 11) is -3.32. The van der Waals surface area contributed by atoms with E-state index in [-0.39, 0.29) is 11.7 Å². The Kier molecular flexibility index (Phi) is 6.09. The van der Waals surface area contributed by atoms with E-state index in [1.165, 1.54) is 36.8 Å². The van der Waals surface area contributed by atoms with Gasteiger partial charge in [-0.1, -0.05) is 31.0 Å². The maximum Gasteiger partial charge on any atom is 0.209 e. The van der Waals surface area contributed by atoms with Gasteiger partial charge in [-0.15, -0.1) is 0 Å². The van der Waals surface area contributed by atoms with E-state index in [1.807, 2.05) is 18.4 Å². The van der Waals surface area contributed by atoms with E-state index < -0.39 is 10.0 Å². The highest BCUT2D eigenvalue weighted by Crippen LogP contribution is 2.35. The van der Waals surface area contributed by atoms with Crippen molar-refractivity contribution >= 4 is 21.0 Å². The minimum atomic E-state index is -3.32. The van der Waals surface area contributed by atoms with Crippen molar-refractivity contribution in [2.24, 2.45) is 17.0 Å². The summed E-state index contributed by atoms with van der Waals surface area (Å²) < 4.78 is 28.3. The molecule has 0 spiro atoms. The molecule has 0 amide bonds. The summed E-state index contributed by atoms with van der Waals surface area (Å²) in [5, 5.41) is 6.47. The molecule has 28 heavy (non-hydrogen) atoms. The van der Waals surface area contributed by atoms with E-state index in [2.05, 4.69) is 17.0 Å². The van der Waals surface area contributed by atoms with Crippen LogP contribution in [0.25, 0.3) is 11.0 Å². The van der Waals surface area contributed by atoms with Gasteiger partial charge in [0.15, 0.2) is 0 Å². The van der Waals surface area contributed by atoms with Crippen molar-refractivity contribution < 1.29 is 12.8 Å². The lowest BCUT2D eigenvalue weighted by molar-refractivity contribution is 0.182. The average Bonchev–Trinajstić information content (AvgIpc) is 3.11. The highest BCUT2D eigenvalue weighted by Gasteiger charge is 2.26. The Morgan fingerprint density at radius 3 is 2.39 bits per heavy atom. The SMILES string of the molecule is NS(=O)(=O)CC1CCC(CCN2CCC(c3coc4ccccc34)CC2)CC1. The number of piperidine rings is 1. The number of primary sulfonamides is 1. The molecule has 1 aliphatic carbocycles. The first-order valence-electron chi connectivity index (χ1n) is 10.7. The van der Waals surface area contributed by atoms with Crippen LogP contribution in [0.4, 0.5) is 0 Å². The molecule has 0 bridgehead atoms. The molecule has 0 atom stereocenters. The highest BCUT2D eigenvalue weighted by atomic mass is 32.2. The Morgan fingerprint density at radius 2 is 1.68 bits per heavy atom. The van der Waals surface area contributed by atoms with Crippen molar-refractivity contribution in [3.05, 3.63) is 36.1 Å². The molecule has 2 aliphatic rings. The van der Waals surface area contributed by atoms with Gasteiger partial charge in [0.05, 0.1) is 12.0 Å². The Labute approximate surface area is 168 Å². The van der Waals surface area contributed by atoms with Crippen molar-refractivity contribution in [2.45, 2.75) is 50.9 Å². The fraction of sp³-hybridized carbons (Fsp3) is 0.636. The van der Waals surface area contributed by atoms with E-state index in [0.29, 0.717) is 5.92 Å². The number of nitrogens with zero attached hydrogens (tertiary/aromatic N) is 1. The second-order valence-electron chi connectivity index (χ2n) is 8.81. The number of benzene rings is 1. The maximum absolute atomic E-state index is 11.3. The first kappa shape index (κ1) is 19.9. The van der Waals surface area contributed by atoms with E-state index >= 15 is 0 Å². The molecule has 1 saturated heterocycles. The van der Waals surface area contributed by atoms with Gasteiger partial charge in [0.1, 0.15) is 5.58 Å². The lowest BCUT2D eigenvalue weighted by Gasteiger charge is -2.34. The second kappa shape index (κ2) is 8.56. The Bertz CT molecular complexity index is 876. The van der Waals surface area contributed by atoms with Crippen LogP contribution in [0.2, 0.25) is 0 Å². The van der Waals surface area contributed by atoms with Crippen molar-refractivity contribution in [1.29, 1.82) is 0 Å². The third kappa shape index (κ3) is 4.97. The summed E-state index contributed by atoms with van der Waals surface area (Å²) in [6, 6.07) is 8.34. The van der Waals surface area contributed by atoms with Crippen LogP contribution in [0.3, 0.4) is 0 Å². The summed E-state index contributed by atoms with van der Waals surface area (Å²) >= 11 is 0. The smallest absolute Gasteiger partial charge is 0.209 e. The van der Waals surface area contributed by atoms with Crippen LogP contribution in [-0.4, -0.2) is 38.7 Å². The van der Waals surface area contributed by atoms with E-state index in [0.717, 1.165) is 50.3 Å². The molecule has 1 aromatic carbocycles. The predicted octanol–water partition coefficient (Wildman–Crippen LogP) is 4.10. The van der Waals surface area contributed by atoms with Gasteiger partial charge >= 0.3 is 0 Å². The van der Waals surface area contributed by atoms with Crippen LogP contribution in [0.1, 0.15) is 56.4 Å². The predicted molar refractivity (Wildman–Crippen MR) is 113 cm³/mol. The number of rotatable bonds is 6. The number of para-hydroxylation sites is 1. The molecule has 2 fully saturated rings. The number of fused-ring (bicyclic) bond motifs is 1. The van der Waals surface area contributed by atoms with Crippen molar-refractivity contribution in [3.8, 4) is 0 Å². The van der Waals surface area contributed by atoms with Gasteiger partial charge in [-0.3, -0.25) is 0 Å². The summed E-state index contributed by atoms with van der Waals surface area (Å²) in [6.45, 7) is 3.49. The molecule has 0 radical (unpaired) electrons. The molecule has 1 aliphatic heterocycles. The maximum atomic E-state index is 11.3. The van der Waals surface area contributed by atoms with Crippen LogP contribution < -0.4 is 5.14 Å². The third-order valence-electron chi connectivity index (χ3n) is 6.83. The molecule has 2 heterocycles. The van der Waals surface area contributed by atoms with Gasteiger partial charge in [0, 0.05) is 10.9 Å². The Hall–Kier alpha value is -1.37. The summed E-state index contributed by atoms with van der Waals surface area (Å²) in [6.07, 6.45) is 9.92. The molecule has 6 heteroatoms. The van der Waals surface area contributed by atoms with Crippen molar-refractivity contribution in [1.82, 2.24) is 4.90 Å². The topological polar surface area (TPSA) is 76.5 Å². The Balaban J connectivity index is 1.20. The van der Waals surface area contributed by atoms with Crippen LogP contribution >= 0.6 is 0 Å². The van der Waals surface area contributed by atoms with E-state index in [1.54, 1.807) is 0 Å². The first-order chi connectivity index (χ1) is 13.5. The van der Waals surface area contributed by atoms with Gasteiger partial charge in [0.2, 0.25) is 10.0 Å². The zero-order chi connectivity index (χ0) is 19.6. The van der Waals surface area contributed by atoms with Crippen molar-refractivity contribution in [3.63, 3.8) is 0 Å². The number of furan rings is 1. The molecule has 1 saturated carbocycles. The summed E-state index contributed by atoms with van der Waals surface area (Å²) in [5.41, 5.74) is 2.38. The number of hydrogen-bond donors (Lipinski definition) is 1. The van der Waals surface area contributed by atoms with Gasteiger partial charge in [0.25, 0.3) is 0 Å². The fourth-order valence-corrected chi connectivity index (χ4v) is 6.15. The lowest BCUT2D eigenvalue weighted by Crippen LogP contribution is -2.35. The molecular weight excluding hydrogens is 372 g/mol. The van der Waals surface area contributed by atoms with Crippen molar-refractivity contribution in [2.75, 3.05) is 25.4 Å². The van der Waals surface area contributed by atoms with Gasteiger partial charge in [-0.25, -0.2) is 13.6 Å². The molecular formula is C22H32N2O3S. The monoisotopic (exact) mass is 404 g/mol. The first-order valence-corrected chi connectivity index (χ1v) is 12.4. The Morgan fingerprint density at radius 1 is 1.00 bits per heavy atom. The number of nitrogens with two attached hydrogens (primary N) is 1. The van der Waals surface area contributed by atoms with Crippen LogP contribution in [0, 0.1) is 11.8 Å². The zero-order valence-corrected chi connectivity index (χ0v) is 17.4. The molecule has 1 aromatic heterocycles. The normalized spacial score (nSPS) is 25.3. The van der Waals surface area contributed by atoms with Crippen LogP contribution in [-0.2, 0) is 10.0 Å². The van der Waals surface area contributed by atoms with Gasteiger partial charge < -0.3 is 9.32 Å². The molecule has 5 nitrogen and oxygen atoms in total. The molecule has 4 rings (SSSR count). The molecule has 0 unspecified atom stereocenters. The molecule has 154 valence electrons. The third-order valence-corrected chi connectivity index (χ3v) is 7.76. The fourth-order valence-electron chi connectivity index (χ4n) is 5.16. The minimum absolute atomic E-state index is 0.163. The second-order valence-corrected chi connectivity index (χ2v) is 10.5. The minimum Gasteiger partial charge on any atom is -0.464 e. The largest absolute Gasteiger partial charge is 0.464 e. The zero-order valence-electron chi connectivity index (χ0n) is 16.6. The lowest BCUT2D eigenvalue weighted by atomic mass is 9.81. The highest BCUT2D eigenvalue weighted by molar-refractivity contribution is 7.89. The van der Waals surface area contributed by atoms with Crippen LogP contribution in [0.5, 0.6) is 0 Å². The number of sulfonamides is 1. The average molecular weight is 405 g/mol. The standard InChI is InChI=1S/C22H32N2O3S/c23-28(25,26)16-18-7-5-17(6-8-18)9-12-24-13-10-19(11-14-24)21-15-27-22-4-2-1-3-20(21)22/h1-4,15,17-19H,5-14,16H2,(H2,23,25,26). The summed E-state index contributed by atoms with van der Waals surface area (Å²) in [4.78, 5) is 2.61. The number of hydrogen-bond acceptors (Lipinski definition) is 4. The van der Waals surface area contributed by atoms with E-state index in [9.17, 15) is 8.42 Å². The van der Waals surface area contributed by atoms with E-state index in [4.69, 9.17) is 9.56 Å². The summed E-state index contributed by atoms with van der Waals surface area (Å²) in [5.74, 6) is 1.78. The van der Waals surface area contributed by atoms with Crippen LogP contribution in [0.15, 0.2) is 34.9 Å². The molecule has 2 N–H and O–H groups in total. The van der Waals surface area contributed by atoms with Gasteiger partial charge in [-0.2, -0.15) is 0 Å².